The number of carbonyl (C=O) groups excluding carboxylic acids is 1. The van der Waals surface area contributed by atoms with Crippen LogP contribution in [0.3, 0.4) is 0 Å². The van der Waals surface area contributed by atoms with Gasteiger partial charge in [-0.1, -0.05) is 43.7 Å². The fourth-order valence-electron chi connectivity index (χ4n) is 7.34. The smallest absolute Gasteiger partial charge is 0.331 e. The molecule has 3 heterocycles. The fourth-order valence-corrected chi connectivity index (χ4v) is 7.34. The quantitative estimate of drug-likeness (QED) is 0.212. The van der Waals surface area contributed by atoms with Crippen LogP contribution in [-0.4, -0.2) is 29.5 Å². The summed E-state index contributed by atoms with van der Waals surface area (Å²) >= 11 is 0. The summed E-state index contributed by atoms with van der Waals surface area (Å²) in [5.41, 5.74) is 3.67. The Hall–Kier alpha value is -3.88. The number of fused-ring (bicyclic) bond motifs is 4. The molecule has 0 radical (unpaired) electrons. The predicted octanol–water partition coefficient (Wildman–Crippen LogP) is 6.04. The van der Waals surface area contributed by atoms with Crippen molar-refractivity contribution in [1.29, 1.82) is 0 Å². The molecule has 0 saturated heterocycles. The highest BCUT2D eigenvalue weighted by atomic mass is 16.6. The molecule has 43 heavy (non-hydrogen) atoms. The Kier molecular flexibility index (Phi) is 7.92. The van der Waals surface area contributed by atoms with Crippen LogP contribution in [0.15, 0.2) is 52.3 Å². The van der Waals surface area contributed by atoms with Crippen LogP contribution in [-0.2, 0) is 29.2 Å². The van der Waals surface area contributed by atoms with Gasteiger partial charge in [0.15, 0.2) is 6.23 Å². The maximum absolute atomic E-state index is 14.1. The lowest BCUT2D eigenvalue weighted by Crippen LogP contribution is -2.43. The number of aromatic nitrogens is 5. The highest BCUT2D eigenvalue weighted by Gasteiger charge is 2.47. The topological polar surface area (TPSA) is 93.1 Å². The summed E-state index contributed by atoms with van der Waals surface area (Å²) in [4.78, 5) is 41.4. The van der Waals surface area contributed by atoms with Gasteiger partial charge < -0.3 is 4.74 Å². The van der Waals surface area contributed by atoms with E-state index in [9.17, 15) is 14.4 Å². The molecule has 3 aliphatic carbocycles. The second-order valence-corrected chi connectivity index (χ2v) is 12.6. The summed E-state index contributed by atoms with van der Waals surface area (Å²) < 4.78 is 13.1. The van der Waals surface area contributed by atoms with Crippen LogP contribution in [0.1, 0.15) is 89.5 Å². The zero-order chi connectivity index (χ0) is 30.3. The first kappa shape index (κ1) is 29.2. The third-order valence-corrected chi connectivity index (χ3v) is 9.74. The van der Waals surface area contributed by atoms with Gasteiger partial charge in [0.25, 0.3) is 5.56 Å². The van der Waals surface area contributed by atoms with Gasteiger partial charge in [-0.25, -0.2) is 4.79 Å². The van der Waals surface area contributed by atoms with E-state index in [4.69, 9.17) is 4.74 Å². The van der Waals surface area contributed by atoms with E-state index >= 15 is 0 Å². The Bertz CT molecular complexity index is 1750. The summed E-state index contributed by atoms with van der Waals surface area (Å²) in [7, 11) is 0. The summed E-state index contributed by atoms with van der Waals surface area (Å²) in [6.45, 7) is 9.24. The summed E-state index contributed by atoms with van der Waals surface area (Å²) in [5, 5.41) is 4.65. The third-order valence-electron chi connectivity index (χ3n) is 9.74. The normalized spacial score (nSPS) is 20.5. The van der Waals surface area contributed by atoms with Crippen molar-refractivity contribution in [1.82, 2.24) is 23.5 Å². The van der Waals surface area contributed by atoms with Crippen LogP contribution in [0.25, 0.3) is 22.3 Å². The van der Waals surface area contributed by atoms with Gasteiger partial charge in [-0.05, 0) is 76.3 Å². The number of hydrogen-bond acceptors (Lipinski definition) is 5. The minimum atomic E-state index is -0.695. The maximum Gasteiger partial charge on any atom is 0.331 e. The Morgan fingerprint density at radius 1 is 1.07 bits per heavy atom. The van der Waals surface area contributed by atoms with Crippen molar-refractivity contribution in [3.05, 3.63) is 74.7 Å². The lowest BCUT2D eigenvalue weighted by atomic mass is 9.61. The molecule has 228 valence electrons. The number of rotatable bonds is 10. The van der Waals surface area contributed by atoms with E-state index in [1.165, 1.54) is 10.1 Å². The van der Waals surface area contributed by atoms with Crippen molar-refractivity contribution in [2.45, 2.75) is 105 Å². The predicted molar refractivity (Wildman–Crippen MR) is 167 cm³/mol. The molecule has 0 N–H and O–H groups in total. The van der Waals surface area contributed by atoms with Crippen molar-refractivity contribution in [2.24, 2.45) is 11.3 Å². The second-order valence-electron chi connectivity index (χ2n) is 12.6. The van der Waals surface area contributed by atoms with Gasteiger partial charge >= 0.3 is 11.7 Å². The molecule has 1 aromatic carbocycles. The van der Waals surface area contributed by atoms with Crippen molar-refractivity contribution in [2.75, 3.05) is 0 Å². The molecule has 9 nitrogen and oxygen atoms in total. The Balaban J connectivity index is 1.49. The number of ether oxygens (including phenoxy) is 1. The number of aryl methyl sites for hydroxylation is 2. The number of nitrogens with zero attached hydrogens (tertiary/aromatic N) is 5. The van der Waals surface area contributed by atoms with E-state index in [-0.39, 0.29) is 17.2 Å². The molecule has 3 saturated carbocycles. The Morgan fingerprint density at radius 3 is 2.47 bits per heavy atom. The fraction of sp³-hybridized carbons (Fsp3) is 0.529. The van der Waals surface area contributed by atoms with Crippen molar-refractivity contribution in [3.63, 3.8) is 0 Å². The molecule has 7 rings (SSSR count). The first-order valence-electron chi connectivity index (χ1n) is 16.0. The second kappa shape index (κ2) is 11.7. The molecule has 0 amide bonds. The molecule has 9 heteroatoms. The molecule has 2 bridgehead atoms. The Morgan fingerprint density at radius 2 is 1.81 bits per heavy atom. The van der Waals surface area contributed by atoms with Crippen LogP contribution >= 0.6 is 0 Å². The molecular weight excluding hydrogens is 542 g/mol. The first-order chi connectivity index (χ1) is 20.8. The minimum absolute atomic E-state index is 0.155. The van der Waals surface area contributed by atoms with Crippen LogP contribution in [0.2, 0.25) is 0 Å². The molecule has 0 aliphatic heterocycles. The molecular formula is C34H43N5O4. The van der Waals surface area contributed by atoms with Gasteiger partial charge in [0.1, 0.15) is 5.52 Å². The highest BCUT2D eigenvalue weighted by Crippen LogP contribution is 2.51. The van der Waals surface area contributed by atoms with Gasteiger partial charge in [-0.15, -0.1) is 0 Å². The van der Waals surface area contributed by atoms with Crippen molar-refractivity contribution in [3.8, 4) is 11.3 Å². The highest BCUT2D eigenvalue weighted by molar-refractivity contribution is 5.84. The Labute approximate surface area is 252 Å². The molecule has 3 fully saturated rings. The largest absolute Gasteiger partial charge is 0.441 e. The van der Waals surface area contributed by atoms with E-state index in [1.54, 1.807) is 10.8 Å². The van der Waals surface area contributed by atoms with Crippen LogP contribution in [0, 0.1) is 18.3 Å². The molecule has 0 spiro atoms. The third kappa shape index (κ3) is 5.17. The van der Waals surface area contributed by atoms with E-state index in [0.29, 0.717) is 49.2 Å². The monoisotopic (exact) mass is 585 g/mol. The van der Waals surface area contributed by atoms with Gasteiger partial charge in [-0.2, -0.15) is 5.10 Å². The molecule has 3 aliphatic rings. The van der Waals surface area contributed by atoms with Gasteiger partial charge in [0, 0.05) is 31.3 Å². The lowest BCUT2D eigenvalue weighted by molar-refractivity contribution is -0.173. The average Bonchev–Trinajstić information content (AvgIpc) is 3.64. The zero-order valence-electron chi connectivity index (χ0n) is 25.8. The number of hydrogen-bond donors (Lipinski definition) is 0. The first-order valence-corrected chi connectivity index (χ1v) is 16.0. The summed E-state index contributed by atoms with van der Waals surface area (Å²) in [6, 6.07) is 10.2. The number of carbonyl (C=O) groups is 1. The van der Waals surface area contributed by atoms with Crippen LogP contribution in [0.4, 0.5) is 0 Å². The SMILES string of the molecule is CCCn1c(=O)c2c(cc(-c3cnn(Cc4cccc(C)c4)c3)n2C(CC)OC(=O)C23CCC(CC2)CC3)n(CC)c1=O. The zero-order valence-corrected chi connectivity index (χ0v) is 25.8. The average molecular weight is 586 g/mol. The van der Waals surface area contributed by atoms with E-state index < -0.39 is 11.6 Å². The van der Waals surface area contributed by atoms with Gasteiger partial charge in [-0.3, -0.25) is 28.0 Å². The summed E-state index contributed by atoms with van der Waals surface area (Å²) in [6.07, 6.45) is 10.0. The minimum Gasteiger partial charge on any atom is -0.441 e. The maximum atomic E-state index is 14.1. The van der Waals surface area contributed by atoms with Gasteiger partial charge in [0.2, 0.25) is 0 Å². The molecule has 1 atom stereocenters. The van der Waals surface area contributed by atoms with Crippen LogP contribution < -0.4 is 11.2 Å². The van der Waals surface area contributed by atoms with E-state index in [0.717, 1.165) is 55.6 Å². The van der Waals surface area contributed by atoms with Gasteiger partial charge in [0.05, 0.1) is 29.4 Å². The standard InChI is InChI=1S/C34H43N5O4/c1-5-17-38-31(40)30-28(37(7-3)33(38)42)19-27(26-20-35-36(22-26)21-25-10-8-9-23(4)18-25)39(30)29(6-2)43-32(41)34-14-11-24(12-15-34)13-16-34/h8-10,18-20,22,24,29H,5-7,11-17,21H2,1-4H3. The molecule has 3 aromatic heterocycles. The van der Waals surface area contributed by atoms with E-state index in [2.05, 4.69) is 30.2 Å². The summed E-state index contributed by atoms with van der Waals surface area (Å²) in [5.74, 6) is 0.578. The lowest BCUT2D eigenvalue weighted by Gasteiger charge is -2.44. The van der Waals surface area contributed by atoms with Crippen molar-refractivity contribution < 1.29 is 9.53 Å². The van der Waals surface area contributed by atoms with Crippen LogP contribution in [0.5, 0.6) is 0 Å². The number of esters is 1. The number of benzene rings is 1. The molecule has 4 aromatic rings. The van der Waals surface area contributed by atoms with E-state index in [1.807, 2.05) is 48.3 Å². The van der Waals surface area contributed by atoms with Crippen molar-refractivity contribution >= 4 is 17.0 Å². The molecule has 1 unspecified atom stereocenters.